The van der Waals surface area contributed by atoms with E-state index in [9.17, 15) is 18.9 Å². The molecule has 1 rings (SSSR count). The zero-order chi connectivity index (χ0) is 11.6. The lowest BCUT2D eigenvalue weighted by atomic mass is 10.1. The van der Waals surface area contributed by atoms with Crippen molar-refractivity contribution in [2.24, 2.45) is 0 Å². The second-order valence-electron chi connectivity index (χ2n) is 2.76. The lowest BCUT2D eigenvalue weighted by Crippen LogP contribution is -2.01. The van der Waals surface area contributed by atoms with Crippen LogP contribution >= 0.6 is 0 Å². The molecule has 0 spiro atoms. The van der Waals surface area contributed by atoms with E-state index >= 15 is 0 Å². The van der Waals surface area contributed by atoms with Crippen molar-refractivity contribution < 1.29 is 18.8 Å². The summed E-state index contributed by atoms with van der Waals surface area (Å²) in [5.41, 5.74) is -1.35. The summed E-state index contributed by atoms with van der Waals surface area (Å²) >= 11 is 0. The fourth-order valence-corrected chi connectivity index (χ4v) is 1.05. The minimum absolute atomic E-state index is 0.381. The van der Waals surface area contributed by atoms with Crippen LogP contribution in [0.4, 0.5) is 14.5 Å². The van der Waals surface area contributed by atoms with Crippen molar-refractivity contribution in [3.63, 3.8) is 0 Å². The summed E-state index contributed by atoms with van der Waals surface area (Å²) in [4.78, 5) is 9.20. The normalized spacial score (nSPS) is 12.2. The van der Waals surface area contributed by atoms with Gasteiger partial charge >= 0.3 is 5.69 Å². The maximum Gasteiger partial charge on any atom is 0.307 e. The molecule has 80 valence electrons. The van der Waals surface area contributed by atoms with E-state index in [1.54, 1.807) is 0 Å². The highest BCUT2D eigenvalue weighted by Gasteiger charge is 2.20. The number of benzene rings is 1. The minimum Gasteiger partial charge on any atom is -0.384 e. The minimum atomic E-state index is -1.39. The second-order valence-corrected chi connectivity index (χ2v) is 2.76. The largest absolute Gasteiger partial charge is 0.384 e. The van der Waals surface area contributed by atoms with Crippen molar-refractivity contribution in [1.29, 1.82) is 0 Å². The van der Waals surface area contributed by atoms with Crippen LogP contribution in [0.1, 0.15) is 11.7 Å². The van der Waals surface area contributed by atoms with Crippen LogP contribution in [-0.2, 0) is 0 Å². The SMILES string of the molecule is C=CC(O)c1cc(F)c([N+](=O)[O-])cc1F. The molecular weight excluding hydrogens is 208 g/mol. The van der Waals surface area contributed by atoms with Gasteiger partial charge in [-0.15, -0.1) is 6.58 Å². The Bertz CT molecular complexity index is 420. The van der Waals surface area contributed by atoms with Crippen LogP contribution in [0.25, 0.3) is 0 Å². The quantitative estimate of drug-likeness (QED) is 0.477. The van der Waals surface area contributed by atoms with Gasteiger partial charge in [-0.05, 0) is 6.07 Å². The first kappa shape index (κ1) is 11.3. The third-order valence-electron chi connectivity index (χ3n) is 1.80. The van der Waals surface area contributed by atoms with Crippen LogP contribution in [0.15, 0.2) is 24.8 Å². The average molecular weight is 215 g/mol. The molecule has 1 aromatic carbocycles. The average Bonchev–Trinajstić information content (AvgIpc) is 2.19. The van der Waals surface area contributed by atoms with Crippen LogP contribution in [0.2, 0.25) is 0 Å². The van der Waals surface area contributed by atoms with Gasteiger partial charge in [-0.1, -0.05) is 6.08 Å². The van der Waals surface area contributed by atoms with Gasteiger partial charge in [-0.25, -0.2) is 4.39 Å². The molecule has 1 N–H and O–H groups in total. The van der Waals surface area contributed by atoms with Crippen LogP contribution in [0.5, 0.6) is 0 Å². The maximum absolute atomic E-state index is 13.1. The predicted molar refractivity (Wildman–Crippen MR) is 48.2 cm³/mol. The van der Waals surface area contributed by atoms with Crippen molar-refractivity contribution in [1.82, 2.24) is 0 Å². The van der Waals surface area contributed by atoms with Gasteiger partial charge in [0.2, 0.25) is 5.82 Å². The lowest BCUT2D eigenvalue weighted by molar-refractivity contribution is -0.387. The standard InChI is InChI=1S/C9H7F2NO3/c1-2-9(13)5-3-7(11)8(12(14)15)4-6(5)10/h2-4,9,13H,1H2. The molecule has 0 aromatic heterocycles. The molecular formula is C9H7F2NO3. The highest BCUT2D eigenvalue weighted by atomic mass is 19.1. The first-order chi connectivity index (χ1) is 6.97. The Kier molecular flexibility index (Phi) is 3.11. The summed E-state index contributed by atoms with van der Waals surface area (Å²) in [6, 6.07) is 1.01. The van der Waals surface area contributed by atoms with Crippen molar-refractivity contribution in [3.8, 4) is 0 Å². The van der Waals surface area contributed by atoms with E-state index in [-0.39, 0.29) is 5.56 Å². The first-order valence-corrected chi connectivity index (χ1v) is 3.91. The fraction of sp³-hybridized carbons (Fsp3) is 0.111. The molecule has 0 amide bonds. The highest BCUT2D eigenvalue weighted by molar-refractivity contribution is 5.37. The monoisotopic (exact) mass is 215 g/mol. The third-order valence-corrected chi connectivity index (χ3v) is 1.80. The number of nitro benzene ring substituents is 1. The van der Waals surface area contributed by atoms with Gasteiger partial charge in [0.15, 0.2) is 0 Å². The number of nitro groups is 1. The van der Waals surface area contributed by atoms with Gasteiger partial charge in [-0.2, -0.15) is 4.39 Å². The van der Waals surface area contributed by atoms with Crippen LogP contribution in [-0.4, -0.2) is 10.0 Å². The van der Waals surface area contributed by atoms with E-state index in [1.165, 1.54) is 0 Å². The number of aliphatic hydroxyl groups excluding tert-OH is 1. The van der Waals surface area contributed by atoms with E-state index in [0.717, 1.165) is 6.08 Å². The molecule has 0 bridgehead atoms. The van der Waals surface area contributed by atoms with Crippen molar-refractivity contribution in [3.05, 3.63) is 52.1 Å². The molecule has 0 heterocycles. The van der Waals surface area contributed by atoms with Crippen molar-refractivity contribution in [2.45, 2.75) is 6.10 Å². The van der Waals surface area contributed by atoms with Gasteiger partial charge in [-0.3, -0.25) is 10.1 Å². The maximum atomic E-state index is 13.1. The van der Waals surface area contributed by atoms with Crippen LogP contribution < -0.4 is 0 Å². The Morgan fingerprint density at radius 3 is 2.53 bits per heavy atom. The zero-order valence-corrected chi connectivity index (χ0v) is 7.48. The molecule has 0 saturated carbocycles. The summed E-state index contributed by atoms with van der Waals surface area (Å²) < 4.78 is 26.2. The Hall–Kier alpha value is -1.82. The molecule has 1 atom stereocenters. The van der Waals surface area contributed by atoms with Gasteiger partial charge in [0, 0.05) is 5.56 Å². The Balaban J connectivity index is 3.31. The van der Waals surface area contributed by atoms with E-state index in [4.69, 9.17) is 5.11 Å². The summed E-state index contributed by atoms with van der Waals surface area (Å²) in [7, 11) is 0. The summed E-state index contributed by atoms with van der Waals surface area (Å²) in [5, 5.41) is 19.4. The van der Waals surface area contributed by atoms with Gasteiger partial charge in [0.05, 0.1) is 17.1 Å². The van der Waals surface area contributed by atoms with Crippen molar-refractivity contribution >= 4 is 5.69 Å². The van der Waals surface area contributed by atoms with E-state index < -0.39 is 28.3 Å². The number of rotatable bonds is 3. The topological polar surface area (TPSA) is 63.4 Å². The highest BCUT2D eigenvalue weighted by Crippen LogP contribution is 2.25. The molecule has 4 nitrogen and oxygen atoms in total. The predicted octanol–water partition coefficient (Wildman–Crippen LogP) is 2.09. The van der Waals surface area contributed by atoms with E-state index in [2.05, 4.69) is 6.58 Å². The Morgan fingerprint density at radius 1 is 1.47 bits per heavy atom. The molecule has 0 aliphatic carbocycles. The molecule has 1 unspecified atom stereocenters. The zero-order valence-electron chi connectivity index (χ0n) is 7.48. The number of hydrogen-bond donors (Lipinski definition) is 1. The van der Waals surface area contributed by atoms with Crippen LogP contribution in [0.3, 0.4) is 0 Å². The molecule has 0 radical (unpaired) electrons. The molecule has 6 heteroatoms. The van der Waals surface area contributed by atoms with Crippen LogP contribution in [0, 0.1) is 21.7 Å². The van der Waals surface area contributed by atoms with Gasteiger partial charge in [0.1, 0.15) is 5.82 Å². The number of hydrogen-bond acceptors (Lipinski definition) is 3. The molecule has 0 aliphatic heterocycles. The fourth-order valence-electron chi connectivity index (χ4n) is 1.05. The number of nitrogens with zero attached hydrogens (tertiary/aromatic N) is 1. The van der Waals surface area contributed by atoms with Gasteiger partial charge in [0.25, 0.3) is 0 Å². The first-order valence-electron chi connectivity index (χ1n) is 3.91. The molecule has 0 fully saturated rings. The van der Waals surface area contributed by atoms with Crippen molar-refractivity contribution in [2.75, 3.05) is 0 Å². The third kappa shape index (κ3) is 2.16. The van der Waals surface area contributed by atoms with E-state index in [0.29, 0.717) is 12.1 Å². The molecule has 0 aliphatic rings. The van der Waals surface area contributed by atoms with E-state index in [1.807, 2.05) is 0 Å². The number of aliphatic hydroxyl groups is 1. The smallest absolute Gasteiger partial charge is 0.307 e. The molecule has 1 aromatic rings. The Morgan fingerprint density at radius 2 is 2.07 bits per heavy atom. The summed E-state index contributed by atoms with van der Waals surface area (Å²) in [6.07, 6.45) is -0.399. The lowest BCUT2D eigenvalue weighted by Gasteiger charge is -2.06. The molecule has 15 heavy (non-hydrogen) atoms. The summed E-state index contributed by atoms with van der Waals surface area (Å²) in [5.74, 6) is -2.24. The van der Waals surface area contributed by atoms with Gasteiger partial charge < -0.3 is 5.11 Å². The second kappa shape index (κ2) is 4.14. The Labute approximate surface area is 83.6 Å². The summed E-state index contributed by atoms with van der Waals surface area (Å²) in [6.45, 7) is 3.19. The number of halogens is 2. The molecule has 0 saturated heterocycles.